The predicted molar refractivity (Wildman–Crippen MR) is 86.9 cm³/mol. The smallest absolute Gasteiger partial charge is 0.307 e. The first-order chi connectivity index (χ1) is 11.0. The summed E-state index contributed by atoms with van der Waals surface area (Å²) in [6.45, 7) is 3.98. The average Bonchev–Trinajstić information content (AvgIpc) is 3.33. The third-order valence-electron chi connectivity index (χ3n) is 6.10. The summed E-state index contributed by atoms with van der Waals surface area (Å²) in [5.41, 5.74) is 2.94. The minimum Gasteiger partial charge on any atom is -0.481 e. The molecule has 0 saturated heterocycles. The summed E-state index contributed by atoms with van der Waals surface area (Å²) in [7, 11) is 0. The van der Waals surface area contributed by atoms with Gasteiger partial charge in [0, 0.05) is 5.69 Å². The molecule has 1 aromatic rings. The summed E-state index contributed by atoms with van der Waals surface area (Å²) >= 11 is 0. The minimum absolute atomic E-state index is 0.0249. The number of rotatable bonds is 3. The van der Waals surface area contributed by atoms with Crippen LogP contribution in [0.5, 0.6) is 0 Å². The van der Waals surface area contributed by atoms with Crippen LogP contribution < -0.4 is 5.32 Å². The first kappa shape index (κ1) is 14.5. The van der Waals surface area contributed by atoms with Crippen molar-refractivity contribution in [1.29, 1.82) is 0 Å². The molecule has 2 N–H and O–H groups in total. The molecule has 1 aromatic carbocycles. The van der Waals surface area contributed by atoms with Gasteiger partial charge < -0.3 is 10.4 Å². The fourth-order valence-electron chi connectivity index (χ4n) is 4.67. The standard InChI is InChI=1S/C19H21NO3/c1-9-4-3-5-15(10(9)2)20-18(21)16-11-6-7-12(14-8-13(11)14)17(16)19(22)23/h3-7,11-14,16-17H,8H2,1-2H3,(H,20,21)(H,22,23)/t11-,12-,13+,14-,16+,17-/m0/s1. The fraction of sp³-hybridized carbons (Fsp3) is 0.474. The van der Waals surface area contributed by atoms with Crippen LogP contribution in [0, 0.1) is 49.4 Å². The number of carboxylic acid groups (broad SMARTS) is 1. The van der Waals surface area contributed by atoms with E-state index in [2.05, 4.69) is 11.4 Å². The van der Waals surface area contributed by atoms with Gasteiger partial charge >= 0.3 is 5.97 Å². The van der Waals surface area contributed by atoms with Crippen molar-refractivity contribution < 1.29 is 14.7 Å². The molecule has 4 aliphatic rings. The van der Waals surface area contributed by atoms with Crippen LogP contribution in [-0.2, 0) is 9.59 Å². The normalized spacial score (nSPS) is 36.4. The first-order valence-corrected chi connectivity index (χ1v) is 8.27. The molecule has 6 atom stereocenters. The molecule has 1 amide bonds. The van der Waals surface area contributed by atoms with Crippen molar-refractivity contribution in [2.45, 2.75) is 20.3 Å². The number of carboxylic acids is 1. The molecule has 2 saturated carbocycles. The highest BCUT2D eigenvalue weighted by Crippen LogP contribution is 2.63. The molecular weight excluding hydrogens is 290 g/mol. The molecule has 0 spiro atoms. The average molecular weight is 311 g/mol. The van der Waals surface area contributed by atoms with Gasteiger partial charge in [0.25, 0.3) is 0 Å². The van der Waals surface area contributed by atoms with Gasteiger partial charge in [-0.25, -0.2) is 0 Å². The van der Waals surface area contributed by atoms with E-state index in [1.54, 1.807) is 0 Å². The van der Waals surface area contributed by atoms with E-state index in [0.29, 0.717) is 11.8 Å². The second kappa shape index (κ2) is 4.95. The van der Waals surface area contributed by atoms with Crippen molar-refractivity contribution in [2.75, 3.05) is 5.32 Å². The SMILES string of the molecule is Cc1cccc(NC(=O)[C@@H]2[C@H]3C=C[C@@H]([C@@H]4C[C@H]34)[C@@H]2C(=O)O)c1C. The lowest BCUT2D eigenvalue weighted by Crippen LogP contribution is -2.48. The zero-order valence-corrected chi connectivity index (χ0v) is 13.3. The number of allylic oxidation sites excluding steroid dienone is 2. The van der Waals surface area contributed by atoms with Crippen molar-refractivity contribution >= 4 is 17.6 Å². The zero-order valence-electron chi connectivity index (χ0n) is 13.3. The third-order valence-corrected chi connectivity index (χ3v) is 6.10. The van der Waals surface area contributed by atoms with Gasteiger partial charge in [0.15, 0.2) is 0 Å². The summed E-state index contributed by atoms with van der Waals surface area (Å²) in [6, 6.07) is 5.80. The van der Waals surface area contributed by atoms with E-state index >= 15 is 0 Å². The summed E-state index contributed by atoms with van der Waals surface area (Å²) in [6.07, 6.45) is 5.20. The highest BCUT2D eigenvalue weighted by Gasteiger charge is 2.62. The van der Waals surface area contributed by atoms with Gasteiger partial charge in [-0.15, -0.1) is 0 Å². The van der Waals surface area contributed by atoms with Crippen molar-refractivity contribution in [2.24, 2.45) is 35.5 Å². The van der Waals surface area contributed by atoms with E-state index in [9.17, 15) is 14.7 Å². The molecule has 23 heavy (non-hydrogen) atoms. The Morgan fingerprint density at radius 2 is 1.74 bits per heavy atom. The predicted octanol–water partition coefficient (Wildman–Crippen LogP) is 3.01. The van der Waals surface area contributed by atoms with Crippen LogP contribution in [0.3, 0.4) is 0 Å². The van der Waals surface area contributed by atoms with Crippen molar-refractivity contribution in [3.8, 4) is 0 Å². The molecule has 0 aromatic heterocycles. The van der Waals surface area contributed by atoms with E-state index in [4.69, 9.17) is 0 Å². The molecule has 0 radical (unpaired) electrons. The second-order valence-corrected chi connectivity index (χ2v) is 7.23. The van der Waals surface area contributed by atoms with Gasteiger partial charge in [-0.3, -0.25) is 9.59 Å². The van der Waals surface area contributed by atoms with Crippen LogP contribution in [-0.4, -0.2) is 17.0 Å². The van der Waals surface area contributed by atoms with Crippen molar-refractivity contribution in [3.63, 3.8) is 0 Å². The van der Waals surface area contributed by atoms with E-state index < -0.39 is 17.8 Å². The number of aliphatic carboxylic acids is 1. The third kappa shape index (κ3) is 2.12. The minimum atomic E-state index is -0.837. The van der Waals surface area contributed by atoms with Crippen LogP contribution in [0.15, 0.2) is 30.4 Å². The Kier molecular flexibility index (Phi) is 3.12. The number of anilines is 1. The maximum atomic E-state index is 12.9. The number of hydrogen-bond donors (Lipinski definition) is 2. The summed E-state index contributed by atoms with van der Waals surface area (Å²) < 4.78 is 0. The first-order valence-electron chi connectivity index (χ1n) is 8.27. The second-order valence-electron chi connectivity index (χ2n) is 7.23. The zero-order chi connectivity index (χ0) is 16.3. The Morgan fingerprint density at radius 1 is 1.09 bits per heavy atom. The lowest BCUT2D eigenvalue weighted by Gasteiger charge is -2.41. The van der Waals surface area contributed by atoms with E-state index in [1.807, 2.05) is 38.1 Å². The molecule has 0 aliphatic heterocycles. The molecule has 120 valence electrons. The Morgan fingerprint density at radius 3 is 2.39 bits per heavy atom. The number of amides is 1. The number of benzene rings is 1. The van der Waals surface area contributed by atoms with Crippen LogP contribution in [0.1, 0.15) is 17.5 Å². The maximum absolute atomic E-state index is 12.9. The Hall–Kier alpha value is -2.10. The monoisotopic (exact) mass is 311 g/mol. The van der Waals surface area contributed by atoms with Crippen LogP contribution >= 0.6 is 0 Å². The highest BCUT2D eigenvalue weighted by atomic mass is 16.4. The van der Waals surface area contributed by atoms with Crippen LogP contribution in [0.2, 0.25) is 0 Å². The number of aryl methyl sites for hydroxylation is 1. The molecule has 0 unspecified atom stereocenters. The number of carbonyl (C=O) groups excluding carboxylic acids is 1. The molecule has 2 bridgehead atoms. The highest BCUT2D eigenvalue weighted by molar-refractivity contribution is 5.96. The van der Waals surface area contributed by atoms with Gasteiger partial charge in [-0.05, 0) is 61.1 Å². The van der Waals surface area contributed by atoms with Crippen molar-refractivity contribution in [1.82, 2.24) is 0 Å². The molecular formula is C19H21NO3. The Labute approximate surface area is 135 Å². The summed E-state index contributed by atoms with van der Waals surface area (Å²) in [5, 5.41) is 12.7. The summed E-state index contributed by atoms with van der Waals surface area (Å²) in [5.74, 6) is -0.921. The van der Waals surface area contributed by atoms with Crippen LogP contribution in [0.4, 0.5) is 5.69 Å². The molecule has 4 nitrogen and oxygen atoms in total. The number of nitrogens with one attached hydrogen (secondary N) is 1. The fourth-order valence-corrected chi connectivity index (χ4v) is 4.67. The molecule has 2 fully saturated rings. The van der Waals surface area contributed by atoms with Gasteiger partial charge in [0.05, 0.1) is 11.8 Å². The number of hydrogen-bond acceptors (Lipinski definition) is 2. The van der Waals surface area contributed by atoms with Gasteiger partial charge in [0.1, 0.15) is 0 Å². The maximum Gasteiger partial charge on any atom is 0.307 e. The van der Waals surface area contributed by atoms with E-state index in [0.717, 1.165) is 23.2 Å². The van der Waals surface area contributed by atoms with E-state index in [-0.39, 0.29) is 17.7 Å². The van der Waals surface area contributed by atoms with Crippen molar-refractivity contribution in [3.05, 3.63) is 41.5 Å². The molecule has 4 aliphatic carbocycles. The van der Waals surface area contributed by atoms with E-state index in [1.165, 1.54) is 0 Å². The molecule has 0 heterocycles. The van der Waals surface area contributed by atoms with Gasteiger partial charge in [-0.1, -0.05) is 24.3 Å². The van der Waals surface area contributed by atoms with Gasteiger partial charge in [-0.2, -0.15) is 0 Å². The topological polar surface area (TPSA) is 66.4 Å². The molecule has 4 heteroatoms. The van der Waals surface area contributed by atoms with Gasteiger partial charge in [0.2, 0.25) is 5.91 Å². The Balaban J connectivity index is 1.63. The van der Waals surface area contributed by atoms with Crippen LogP contribution in [0.25, 0.3) is 0 Å². The summed E-state index contributed by atoms with van der Waals surface area (Å²) in [4.78, 5) is 24.7. The largest absolute Gasteiger partial charge is 0.481 e. The lowest BCUT2D eigenvalue weighted by molar-refractivity contribution is -0.152. The quantitative estimate of drug-likeness (QED) is 0.843. The number of carbonyl (C=O) groups is 2. The number of fused-ring (bicyclic) bond motifs is 1. The lowest BCUT2D eigenvalue weighted by atomic mass is 9.62. The Bertz CT molecular complexity index is 723. The molecule has 5 rings (SSSR count).